The molecule has 0 aromatic heterocycles. The molecule has 4 fully saturated rings. The molecule has 0 N–H and O–H groups in total. The van der Waals surface area contributed by atoms with Gasteiger partial charge in [-0.05, 0) is 19.3 Å². The minimum atomic E-state index is -0.435. The average molecular weight is 192 g/mol. The molecule has 14 heavy (non-hydrogen) atoms. The van der Waals surface area contributed by atoms with Crippen molar-refractivity contribution in [1.82, 2.24) is 0 Å². The van der Waals surface area contributed by atoms with Gasteiger partial charge in [0.05, 0.1) is 11.8 Å². The molecule has 4 aliphatic rings. The van der Waals surface area contributed by atoms with Crippen LogP contribution in [0.15, 0.2) is 0 Å². The van der Waals surface area contributed by atoms with Crippen LogP contribution in [0, 0.1) is 23.2 Å². The molecule has 0 amide bonds. The zero-order chi connectivity index (χ0) is 10.1. The molecule has 0 saturated heterocycles. The lowest BCUT2D eigenvalue weighted by molar-refractivity contribution is -0.166. The predicted molar refractivity (Wildman–Crippen MR) is 47.4 cm³/mol. The van der Waals surface area contributed by atoms with Crippen LogP contribution in [-0.4, -0.2) is 17.3 Å². The molecular weight excluding hydrogens is 180 g/mol. The van der Waals surface area contributed by atoms with Crippen molar-refractivity contribution >= 4 is 17.3 Å². The van der Waals surface area contributed by atoms with Crippen molar-refractivity contribution in [2.45, 2.75) is 26.2 Å². The topological polar surface area (TPSA) is 51.2 Å². The number of rotatable bonds is 0. The van der Waals surface area contributed by atoms with Crippen molar-refractivity contribution in [1.29, 1.82) is 0 Å². The third-order valence-corrected chi connectivity index (χ3v) is 4.22. The fraction of sp³-hybridized carbons (Fsp3) is 0.727. The Morgan fingerprint density at radius 2 is 1.79 bits per heavy atom. The summed E-state index contributed by atoms with van der Waals surface area (Å²) in [5, 5.41) is 0. The van der Waals surface area contributed by atoms with E-state index in [1.165, 1.54) is 0 Å². The number of hydrogen-bond acceptors (Lipinski definition) is 3. The highest BCUT2D eigenvalue weighted by atomic mass is 16.2. The Balaban J connectivity index is 2.13. The van der Waals surface area contributed by atoms with Crippen LogP contribution < -0.4 is 0 Å². The van der Waals surface area contributed by atoms with E-state index in [1.807, 2.05) is 6.92 Å². The lowest BCUT2D eigenvalue weighted by Crippen LogP contribution is -2.60. The summed E-state index contributed by atoms with van der Waals surface area (Å²) in [6.07, 6.45) is 1.67. The normalized spacial score (nSPS) is 50.4. The largest absolute Gasteiger partial charge is 0.299 e. The maximum absolute atomic E-state index is 11.9. The molecule has 0 aromatic rings. The Bertz CT molecular complexity index is 367. The number of ketones is 3. The quantitative estimate of drug-likeness (QED) is 0.532. The maximum atomic E-state index is 11.9. The molecule has 0 aliphatic heterocycles. The monoisotopic (exact) mass is 192 g/mol. The number of Topliss-reactive ketones (excluding diaryl/α,β-unsaturated/α-hetero) is 3. The van der Waals surface area contributed by atoms with Gasteiger partial charge in [-0.25, -0.2) is 0 Å². The van der Waals surface area contributed by atoms with E-state index in [4.69, 9.17) is 0 Å². The minimum absolute atomic E-state index is 0.000787. The average Bonchev–Trinajstić information content (AvgIpc) is 2.13. The molecule has 4 unspecified atom stereocenters. The van der Waals surface area contributed by atoms with E-state index >= 15 is 0 Å². The summed E-state index contributed by atoms with van der Waals surface area (Å²) < 4.78 is 0. The Morgan fingerprint density at radius 1 is 1.07 bits per heavy atom. The van der Waals surface area contributed by atoms with Crippen LogP contribution in [-0.2, 0) is 14.4 Å². The van der Waals surface area contributed by atoms with Crippen LogP contribution in [0.3, 0.4) is 0 Å². The van der Waals surface area contributed by atoms with E-state index in [0.29, 0.717) is 19.3 Å². The molecule has 0 heterocycles. The summed E-state index contributed by atoms with van der Waals surface area (Å²) in [6.45, 7) is 1.92. The fourth-order valence-corrected chi connectivity index (χ4v) is 3.51. The summed E-state index contributed by atoms with van der Waals surface area (Å²) in [5.74, 6) is -0.753. The van der Waals surface area contributed by atoms with Gasteiger partial charge < -0.3 is 0 Å². The van der Waals surface area contributed by atoms with Crippen molar-refractivity contribution in [3.8, 4) is 0 Å². The predicted octanol–water partition coefficient (Wildman–Crippen LogP) is 0.760. The van der Waals surface area contributed by atoms with Gasteiger partial charge in [0, 0.05) is 11.3 Å². The van der Waals surface area contributed by atoms with E-state index in [0.717, 1.165) is 0 Å². The van der Waals surface area contributed by atoms with Crippen molar-refractivity contribution in [2.75, 3.05) is 0 Å². The highest BCUT2D eigenvalue weighted by Gasteiger charge is 2.62. The molecule has 4 aliphatic carbocycles. The molecule has 4 saturated carbocycles. The Morgan fingerprint density at radius 3 is 2.50 bits per heavy atom. The third-order valence-electron chi connectivity index (χ3n) is 4.22. The Labute approximate surface area is 81.9 Å². The maximum Gasteiger partial charge on any atom is 0.153 e. The van der Waals surface area contributed by atoms with Crippen LogP contribution >= 0.6 is 0 Å². The summed E-state index contributed by atoms with van der Waals surface area (Å²) in [4.78, 5) is 35.3. The van der Waals surface area contributed by atoms with Crippen molar-refractivity contribution in [3.05, 3.63) is 0 Å². The first-order valence-corrected chi connectivity index (χ1v) is 5.15. The van der Waals surface area contributed by atoms with Gasteiger partial charge in [-0.2, -0.15) is 0 Å². The van der Waals surface area contributed by atoms with Crippen molar-refractivity contribution in [2.24, 2.45) is 23.2 Å². The van der Waals surface area contributed by atoms with Gasteiger partial charge in [-0.3, -0.25) is 14.4 Å². The van der Waals surface area contributed by atoms with Gasteiger partial charge in [-0.1, -0.05) is 6.92 Å². The molecular formula is C11H12O3. The SMILES string of the molecule is CC12CC3CC(C(=O)C(C1)C3=O)C2=O. The molecule has 4 bridgehead atoms. The van der Waals surface area contributed by atoms with Crippen LogP contribution in [0.5, 0.6) is 0 Å². The minimum Gasteiger partial charge on any atom is -0.299 e. The number of carbonyl (C=O) groups excluding carboxylic acids is 3. The Hall–Kier alpha value is -0.990. The van der Waals surface area contributed by atoms with Gasteiger partial charge >= 0.3 is 0 Å². The second-order valence-corrected chi connectivity index (χ2v) is 5.18. The Kier molecular flexibility index (Phi) is 1.28. The fourth-order valence-electron chi connectivity index (χ4n) is 3.51. The molecule has 4 atom stereocenters. The standard InChI is InChI=1S/C11H12O3/c1-11-3-5-2-6(10(11)14)9(13)7(4-11)8(5)12/h5-7H,2-4H2,1H3. The lowest BCUT2D eigenvalue weighted by Gasteiger charge is -2.51. The lowest BCUT2D eigenvalue weighted by atomic mass is 9.48. The molecule has 0 radical (unpaired) electrons. The summed E-state index contributed by atoms with van der Waals surface area (Å²) >= 11 is 0. The zero-order valence-electron chi connectivity index (χ0n) is 8.08. The summed E-state index contributed by atoms with van der Waals surface area (Å²) in [6, 6.07) is 0. The van der Waals surface area contributed by atoms with E-state index in [2.05, 4.69) is 0 Å². The van der Waals surface area contributed by atoms with Gasteiger partial charge in [-0.15, -0.1) is 0 Å². The number of carbonyl (C=O) groups is 3. The molecule has 3 nitrogen and oxygen atoms in total. The van der Waals surface area contributed by atoms with Gasteiger partial charge in [0.1, 0.15) is 11.6 Å². The molecule has 4 rings (SSSR count). The first-order chi connectivity index (χ1) is 6.53. The summed E-state index contributed by atoms with van der Waals surface area (Å²) in [7, 11) is 0. The second-order valence-electron chi connectivity index (χ2n) is 5.18. The smallest absolute Gasteiger partial charge is 0.153 e. The van der Waals surface area contributed by atoms with Gasteiger partial charge in [0.25, 0.3) is 0 Å². The first-order valence-electron chi connectivity index (χ1n) is 5.15. The number of hydrogen-bond donors (Lipinski definition) is 0. The van der Waals surface area contributed by atoms with E-state index in [9.17, 15) is 14.4 Å². The van der Waals surface area contributed by atoms with E-state index in [1.54, 1.807) is 0 Å². The van der Waals surface area contributed by atoms with E-state index in [-0.39, 0.29) is 28.7 Å². The molecule has 0 spiro atoms. The first kappa shape index (κ1) is 8.33. The van der Waals surface area contributed by atoms with Crippen molar-refractivity contribution in [3.63, 3.8) is 0 Å². The van der Waals surface area contributed by atoms with Crippen LogP contribution in [0.2, 0.25) is 0 Å². The summed E-state index contributed by atoms with van der Waals surface area (Å²) in [5.41, 5.74) is -0.361. The van der Waals surface area contributed by atoms with Crippen LogP contribution in [0.1, 0.15) is 26.2 Å². The van der Waals surface area contributed by atoms with Crippen LogP contribution in [0.25, 0.3) is 0 Å². The zero-order valence-corrected chi connectivity index (χ0v) is 8.08. The van der Waals surface area contributed by atoms with Gasteiger partial charge in [0.2, 0.25) is 0 Å². The van der Waals surface area contributed by atoms with E-state index < -0.39 is 11.8 Å². The van der Waals surface area contributed by atoms with Crippen molar-refractivity contribution < 1.29 is 14.4 Å². The highest BCUT2D eigenvalue weighted by molar-refractivity contribution is 6.19. The molecule has 0 aromatic carbocycles. The molecule has 74 valence electrons. The van der Waals surface area contributed by atoms with Crippen LogP contribution in [0.4, 0.5) is 0 Å². The molecule has 3 heteroatoms. The third kappa shape index (κ3) is 0.725. The highest BCUT2D eigenvalue weighted by Crippen LogP contribution is 2.54. The second kappa shape index (κ2) is 2.15. The van der Waals surface area contributed by atoms with Gasteiger partial charge in [0.15, 0.2) is 5.78 Å².